The predicted molar refractivity (Wildman–Crippen MR) is 59.1 cm³/mol. The Morgan fingerprint density at radius 2 is 2.00 bits per heavy atom. The van der Waals surface area contributed by atoms with Gasteiger partial charge < -0.3 is 29.9 Å². The van der Waals surface area contributed by atoms with Crippen molar-refractivity contribution in [3.63, 3.8) is 0 Å². The van der Waals surface area contributed by atoms with Gasteiger partial charge in [-0.1, -0.05) is 6.58 Å². The van der Waals surface area contributed by atoms with Crippen LogP contribution in [0.1, 0.15) is 6.92 Å². The lowest BCUT2D eigenvalue weighted by Gasteiger charge is -2.40. The summed E-state index contributed by atoms with van der Waals surface area (Å²) in [7, 11) is 0. The molecule has 0 saturated carbocycles. The first-order chi connectivity index (χ1) is 8.42. The van der Waals surface area contributed by atoms with Crippen molar-refractivity contribution in [3.05, 3.63) is 12.2 Å². The van der Waals surface area contributed by atoms with Crippen LogP contribution in [-0.2, 0) is 9.47 Å². The molecule has 1 fully saturated rings. The molecular formula is C11H17NO6. The quantitative estimate of drug-likeness (QED) is 0.442. The monoisotopic (exact) mass is 259 g/mol. The van der Waals surface area contributed by atoms with Crippen LogP contribution in [0.2, 0.25) is 0 Å². The van der Waals surface area contributed by atoms with Crippen LogP contribution in [0.15, 0.2) is 12.2 Å². The summed E-state index contributed by atoms with van der Waals surface area (Å²) < 4.78 is 10.2. The zero-order valence-corrected chi connectivity index (χ0v) is 9.93. The maximum atomic E-state index is 9.67. The van der Waals surface area contributed by atoms with E-state index in [1.165, 1.54) is 0 Å². The van der Waals surface area contributed by atoms with Gasteiger partial charge in [0.1, 0.15) is 24.4 Å². The molecule has 0 aliphatic carbocycles. The van der Waals surface area contributed by atoms with E-state index in [-0.39, 0.29) is 0 Å². The molecule has 1 rings (SSSR count). The average molecular weight is 259 g/mol. The van der Waals surface area contributed by atoms with Crippen LogP contribution < -0.4 is 0 Å². The summed E-state index contributed by atoms with van der Waals surface area (Å²) in [6.45, 7) is 4.56. The SMILES string of the molecule is C=C(C)[C@@H](C#N)O[C@H]1O[C@H](CO)[C@H](O)[C@H](O)[C@H]1O. The third-order valence-corrected chi connectivity index (χ3v) is 2.68. The Kier molecular flexibility index (Phi) is 5.22. The second-order valence-electron chi connectivity index (χ2n) is 4.19. The van der Waals surface area contributed by atoms with Crippen molar-refractivity contribution < 1.29 is 29.9 Å². The van der Waals surface area contributed by atoms with Gasteiger partial charge >= 0.3 is 0 Å². The fraction of sp³-hybridized carbons (Fsp3) is 0.727. The summed E-state index contributed by atoms with van der Waals surface area (Å²) in [4.78, 5) is 0. The number of aliphatic hydroxyl groups excluding tert-OH is 4. The Labute approximate surface area is 104 Å². The van der Waals surface area contributed by atoms with Gasteiger partial charge in [-0.3, -0.25) is 0 Å². The third-order valence-electron chi connectivity index (χ3n) is 2.68. The molecule has 1 aliphatic rings. The van der Waals surface area contributed by atoms with E-state index in [9.17, 15) is 15.3 Å². The van der Waals surface area contributed by atoms with Crippen molar-refractivity contribution in [3.8, 4) is 6.07 Å². The van der Waals surface area contributed by atoms with E-state index in [1.807, 2.05) is 6.07 Å². The zero-order chi connectivity index (χ0) is 13.9. The van der Waals surface area contributed by atoms with Gasteiger partial charge in [0, 0.05) is 0 Å². The lowest BCUT2D eigenvalue weighted by molar-refractivity contribution is -0.304. The highest BCUT2D eigenvalue weighted by molar-refractivity contribution is 5.10. The lowest BCUT2D eigenvalue weighted by atomic mass is 9.99. The Morgan fingerprint density at radius 1 is 1.39 bits per heavy atom. The van der Waals surface area contributed by atoms with Crippen molar-refractivity contribution in [1.82, 2.24) is 0 Å². The van der Waals surface area contributed by atoms with Crippen molar-refractivity contribution in [2.75, 3.05) is 6.61 Å². The minimum atomic E-state index is -1.52. The highest BCUT2D eigenvalue weighted by Crippen LogP contribution is 2.23. The molecule has 0 unspecified atom stereocenters. The highest BCUT2D eigenvalue weighted by atomic mass is 16.7. The van der Waals surface area contributed by atoms with Gasteiger partial charge in [0.15, 0.2) is 12.4 Å². The van der Waals surface area contributed by atoms with Crippen molar-refractivity contribution in [2.45, 2.75) is 43.7 Å². The number of hydrogen-bond donors (Lipinski definition) is 4. The lowest BCUT2D eigenvalue weighted by Crippen LogP contribution is -2.59. The first-order valence-corrected chi connectivity index (χ1v) is 5.43. The van der Waals surface area contributed by atoms with E-state index >= 15 is 0 Å². The Balaban J connectivity index is 2.76. The molecule has 0 bridgehead atoms. The molecule has 1 aliphatic heterocycles. The van der Waals surface area contributed by atoms with Gasteiger partial charge in [0.2, 0.25) is 0 Å². The standard InChI is InChI=1S/C11H17NO6/c1-5(2)6(3-12)17-11-10(16)9(15)8(14)7(4-13)18-11/h6-11,13-16H,1,4H2,2H3/t6-,7-,8+,9+,10-,11+/m1/s1. The fourth-order valence-electron chi connectivity index (χ4n) is 1.57. The highest BCUT2D eigenvalue weighted by Gasteiger charge is 2.44. The van der Waals surface area contributed by atoms with E-state index in [0.717, 1.165) is 0 Å². The van der Waals surface area contributed by atoms with Crippen LogP contribution in [-0.4, -0.2) is 63.8 Å². The van der Waals surface area contributed by atoms with Crippen molar-refractivity contribution in [2.24, 2.45) is 0 Å². The molecule has 6 atom stereocenters. The van der Waals surface area contributed by atoms with Gasteiger partial charge in [-0.15, -0.1) is 0 Å². The zero-order valence-electron chi connectivity index (χ0n) is 9.93. The summed E-state index contributed by atoms with van der Waals surface area (Å²) in [6.07, 6.45) is -7.87. The van der Waals surface area contributed by atoms with Gasteiger partial charge in [-0.2, -0.15) is 5.26 Å². The van der Waals surface area contributed by atoms with Crippen molar-refractivity contribution in [1.29, 1.82) is 5.26 Å². The molecular weight excluding hydrogens is 242 g/mol. The van der Waals surface area contributed by atoms with Gasteiger partial charge in [0.05, 0.1) is 12.7 Å². The second-order valence-corrected chi connectivity index (χ2v) is 4.19. The van der Waals surface area contributed by atoms with Gasteiger partial charge in [-0.05, 0) is 12.5 Å². The van der Waals surface area contributed by atoms with Crippen LogP contribution >= 0.6 is 0 Å². The van der Waals surface area contributed by atoms with Crippen LogP contribution in [0.25, 0.3) is 0 Å². The van der Waals surface area contributed by atoms with Crippen LogP contribution in [0.5, 0.6) is 0 Å². The Bertz CT molecular complexity index is 339. The molecule has 0 aromatic rings. The smallest absolute Gasteiger partial charge is 0.188 e. The number of nitrogens with zero attached hydrogens (tertiary/aromatic N) is 1. The summed E-state index contributed by atoms with van der Waals surface area (Å²) in [5.74, 6) is 0. The van der Waals surface area contributed by atoms with E-state index in [0.29, 0.717) is 5.57 Å². The molecule has 102 valence electrons. The number of aliphatic hydroxyl groups is 4. The normalized spacial score (nSPS) is 37.9. The molecule has 0 aromatic heterocycles. The van der Waals surface area contributed by atoms with Crippen LogP contribution in [0.3, 0.4) is 0 Å². The van der Waals surface area contributed by atoms with E-state index < -0.39 is 43.4 Å². The molecule has 7 nitrogen and oxygen atoms in total. The summed E-state index contributed by atoms with van der Waals surface area (Å²) >= 11 is 0. The number of ether oxygens (including phenoxy) is 2. The van der Waals surface area contributed by atoms with Gasteiger partial charge in [0.25, 0.3) is 0 Å². The molecule has 0 aromatic carbocycles. The van der Waals surface area contributed by atoms with Gasteiger partial charge in [-0.25, -0.2) is 0 Å². The average Bonchev–Trinajstić information content (AvgIpc) is 2.35. The maximum absolute atomic E-state index is 9.67. The third kappa shape index (κ3) is 3.05. The van der Waals surface area contributed by atoms with Crippen LogP contribution in [0, 0.1) is 11.3 Å². The topological polar surface area (TPSA) is 123 Å². The second kappa shape index (κ2) is 6.24. The summed E-state index contributed by atoms with van der Waals surface area (Å²) in [5, 5.41) is 46.5. The minimum Gasteiger partial charge on any atom is -0.394 e. The first-order valence-electron chi connectivity index (χ1n) is 5.43. The van der Waals surface area contributed by atoms with E-state index in [4.69, 9.17) is 19.8 Å². The number of hydrogen-bond acceptors (Lipinski definition) is 7. The van der Waals surface area contributed by atoms with Crippen LogP contribution in [0.4, 0.5) is 0 Å². The molecule has 0 spiro atoms. The molecule has 0 radical (unpaired) electrons. The Hall–Kier alpha value is -1.01. The first kappa shape index (κ1) is 15.0. The molecule has 1 heterocycles. The van der Waals surface area contributed by atoms with Crippen molar-refractivity contribution >= 4 is 0 Å². The number of rotatable bonds is 4. The van der Waals surface area contributed by atoms with E-state index in [1.54, 1.807) is 6.92 Å². The summed E-state index contributed by atoms with van der Waals surface area (Å²) in [5.41, 5.74) is 0.412. The van der Waals surface area contributed by atoms with E-state index in [2.05, 4.69) is 6.58 Å². The maximum Gasteiger partial charge on any atom is 0.188 e. The Morgan fingerprint density at radius 3 is 2.44 bits per heavy atom. The predicted octanol–water partition coefficient (Wildman–Crippen LogP) is -1.73. The molecule has 1 saturated heterocycles. The minimum absolute atomic E-state index is 0.412. The number of nitriles is 1. The summed E-state index contributed by atoms with van der Waals surface area (Å²) in [6, 6.07) is 1.81. The largest absolute Gasteiger partial charge is 0.394 e. The fourth-order valence-corrected chi connectivity index (χ4v) is 1.57. The molecule has 18 heavy (non-hydrogen) atoms. The molecule has 4 N–H and O–H groups in total. The molecule has 0 amide bonds. The molecule has 7 heteroatoms.